The lowest BCUT2D eigenvalue weighted by Gasteiger charge is -2.00. The van der Waals surface area contributed by atoms with Crippen LogP contribution in [0, 0.1) is 3.57 Å². The fourth-order valence-corrected chi connectivity index (χ4v) is 1.41. The van der Waals surface area contributed by atoms with E-state index in [1.807, 2.05) is 24.3 Å². The summed E-state index contributed by atoms with van der Waals surface area (Å²) in [5.41, 5.74) is 1.14. The van der Waals surface area contributed by atoms with E-state index >= 15 is 0 Å². The third-order valence-corrected chi connectivity index (χ3v) is 2.47. The van der Waals surface area contributed by atoms with Gasteiger partial charge in [-0.15, -0.1) is 0 Å². The predicted molar refractivity (Wildman–Crippen MR) is 63.8 cm³/mol. The Morgan fingerprint density at radius 3 is 2.64 bits per heavy atom. The molecular weight excluding hydrogens is 291 g/mol. The second kappa shape index (κ2) is 5.80. The molecule has 3 heteroatoms. The predicted octanol–water partition coefficient (Wildman–Crippen LogP) is 2.91. The number of halogens is 1. The zero-order chi connectivity index (χ0) is 10.4. The van der Waals surface area contributed by atoms with Gasteiger partial charge in [-0.25, -0.2) is 0 Å². The van der Waals surface area contributed by atoms with E-state index in [0.717, 1.165) is 11.8 Å². The zero-order valence-corrected chi connectivity index (χ0v) is 9.86. The van der Waals surface area contributed by atoms with Crippen molar-refractivity contribution in [3.05, 3.63) is 46.2 Å². The van der Waals surface area contributed by atoms with Crippen molar-refractivity contribution in [1.82, 2.24) is 0 Å². The topological polar surface area (TPSA) is 26.3 Å². The summed E-state index contributed by atoms with van der Waals surface area (Å²) < 4.78 is 5.81. The van der Waals surface area contributed by atoms with E-state index in [-0.39, 0.29) is 5.97 Å². The molecule has 1 aromatic rings. The molecule has 0 atom stereocenters. The first-order valence-corrected chi connectivity index (χ1v) is 5.35. The summed E-state index contributed by atoms with van der Waals surface area (Å²) in [5.74, 6) is -0.237. The molecular formula is C11H11IO2. The first-order valence-electron chi connectivity index (χ1n) is 4.27. The molecule has 0 aliphatic carbocycles. The van der Waals surface area contributed by atoms with Crippen LogP contribution < -0.4 is 0 Å². The van der Waals surface area contributed by atoms with Gasteiger partial charge in [0.1, 0.15) is 0 Å². The van der Waals surface area contributed by atoms with E-state index < -0.39 is 0 Å². The van der Waals surface area contributed by atoms with Crippen molar-refractivity contribution in [1.29, 1.82) is 0 Å². The van der Waals surface area contributed by atoms with Gasteiger partial charge in [-0.05, 0) is 46.7 Å². The molecule has 0 spiro atoms. The monoisotopic (exact) mass is 302 g/mol. The third-order valence-electron chi connectivity index (χ3n) is 1.75. The van der Waals surface area contributed by atoms with E-state index in [0.29, 0.717) is 12.8 Å². The molecule has 0 N–H and O–H groups in total. The Kier molecular flexibility index (Phi) is 4.65. The molecule has 0 aliphatic heterocycles. The molecule has 0 bridgehead atoms. The second-order valence-electron chi connectivity index (χ2n) is 2.78. The van der Waals surface area contributed by atoms with Crippen LogP contribution in [0.15, 0.2) is 37.1 Å². The number of hydrogen-bond donors (Lipinski definition) is 0. The van der Waals surface area contributed by atoms with Gasteiger partial charge < -0.3 is 4.74 Å². The molecule has 0 saturated heterocycles. The summed E-state index contributed by atoms with van der Waals surface area (Å²) in [7, 11) is 0. The molecule has 0 heterocycles. The largest absolute Gasteiger partial charge is 0.435 e. The van der Waals surface area contributed by atoms with Gasteiger partial charge in [0.25, 0.3) is 0 Å². The molecule has 0 radical (unpaired) electrons. The summed E-state index contributed by atoms with van der Waals surface area (Å²) in [5, 5.41) is 0. The Balaban J connectivity index is 2.41. The van der Waals surface area contributed by atoms with Crippen molar-refractivity contribution in [3.63, 3.8) is 0 Å². The van der Waals surface area contributed by atoms with Crippen LogP contribution in [0.2, 0.25) is 0 Å². The fourth-order valence-electron chi connectivity index (χ4n) is 1.05. The van der Waals surface area contributed by atoms with Gasteiger partial charge in [0, 0.05) is 9.99 Å². The van der Waals surface area contributed by atoms with Crippen molar-refractivity contribution in [2.45, 2.75) is 12.8 Å². The summed E-state index contributed by atoms with van der Waals surface area (Å²) in [6, 6.07) is 8.08. The number of esters is 1. The van der Waals surface area contributed by atoms with Gasteiger partial charge >= 0.3 is 5.97 Å². The highest BCUT2D eigenvalue weighted by Gasteiger charge is 2.01. The van der Waals surface area contributed by atoms with Gasteiger partial charge in [-0.1, -0.05) is 18.7 Å². The number of carbonyl (C=O) groups is 1. The van der Waals surface area contributed by atoms with Crippen LogP contribution in [0.1, 0.15) is 12.0 Å². The maximum Gasteiger partial charge on any atom is 0.310 e. The Morgan fingerprint density at radius 2 is 2.07 bits per heavy atom. The normalized spacial score (nSPS) is 9.50. The van der Waals surface area contributed by atoms with Crippen LogP contribution in [-0.2, 0) is 16.0 Å². The maximum atomic E-state index is 11.0. The highest BCUT2D eigenvalue weighted by molar-refractivity contribution is 14.1. The van der Waals surface area contributed by atoms with Crippen molar-refractivity contribution in [3.8, 4) is 0 Å². The minimum atomic E-state index is -0.237. The molecule has 14 heavy (non-hydrogen) atoms. The van der Waals surface area contributed by atoms with E-state index in [4.69, 9.17) is 0 Å². The average Bonchev–Trinajstić information content (AvgIpc) is 2.17. The molecule has 0 aliphatic rings. The molecule has 1 rings (SSSR count). The second-order valence-corrected chi connectivity index (χ2v) is 4.03. The number of aryl methyl sites for hydroxylation is 1. The lowest BCUT2D eigenvalue weighted by Crippen LogP contribution is -2.01. The number of ether oxygens (including phenoxy) is 1. The first-order chi connectivity index (χ1) is 6.72. The van der Waals surface area contributed by atoms with Gasteiger partial charge in [-0.2, -0.15) is 0 Å². The molecule has 0 unspecified atom stereocenters. The molecule has 1 aromatic carbocycles. The molecule has 0 aromatic heterocycles. The molecule has 2 nitrogen and oxygen atoms in total. The number of hydrogen-bond acceptors (Lipinski definition) is 2. The zero-order valence-electron chi connectivity index (χ0n) is 7.70. The fraction of sp³-hybridized carbons (Fsp3) is 0.182. The van der Waals surface area contributed by atoms with E-state index in [2.05, 4.69) is 33.9 Å². The van der Waals surface area contributed by atoms with Gasteiger partial charge in [0.2, 0.25) is 0 Å². The lowest BCUT2D eigenvalue weighted by molar-refractivity contribution is -0.137. The van der Waals surface area contributed by atoms with Gasteiger partial charge in [-0.3, -0.25) is 4.79 Å². The van der Waals surface area contributed by atoms with E-state index in [9.17, 15) is 4.79 Å². The van der Waals surface area contributed by atoms with Crippen LogP contribution in [0.4, 0.5) is 0 Å². The third kappa shape index (κ3) is 3.91. The number of rotatable bonds is 4. The highest BCUT2D eigenvalue weighted by Crippen LogP contribution is 2.08. The van der Waals surface area contributed by atoms with E-state index in [1.165, 1.54) is 3.57 Å². The first kappa shape index (κ1) is 11.2. The molecule has 74 valence electrons. The number of carbonyl (C=O) groups excluding carboxylic acids is 1. The van der Waals surface area contributed by atoms with Crippen molar-refractivity contribution >= 4 is 28.6 Å². The minimum Gasteiger partial charge on any atom is -0.435 e. The standard InChI is InChI=1S/C11H11IO2/c1-2-14-11(13)8-5-9-3-6-10(12)7-4-9/h2-4,6-7H,1,5,8H2. The van der Waals surface area contributed by atoms with Gasteiger partial charge in [0.05, 0.1) is 6.26 Å². The highest BCUT2D eigenvalue weighted by atomic mass is 127. The van der Waals surface area contributed by atoms with Gasteiger partial charge in [0.15, 0.2) is 0 Å². The summed E-state index contributed by atoms with van der Waals surface area (Å²) in [6.45, 7) is 3.32. The SMILES string of the molecule is C=COC(=O)CCc1ccc(I)cc1. The van der Waals surface area contributed by atoms with Crippen molar-refractivity contribution < 1.29 is 9.53 Å². The van der Waals surface area contributed by atoms with Crippen LogP contribution >= 0.6 is 22.6 Å². The Bertz CT molecular complexity index is 317. The van der Waals surface area contributed by atoms with Crippen LogP contribution in [0.25, 0.3) is 0 Å². The Labute approximate surface area is 97.1 Å². The Hall–Kier alpha value is -0.840. The quantitative estimate of drug-likeness (QED) is 0.486. The van der Waals surface area contributed by atoms with Crippen LogP contribution in [-0.4, -0.2) is 5.97 Å². The van der Waals surface area contributed by atoms with Crippen molar-refractivity contribution in [2.24, 2.45) is 0 Å². The van der Waals surface area contributed by atoms with Crippen LogP contribution in [0.3, 0.4) is 0 Å². The van der Waals surface area contributed by atoms with Crippen molar-refractivity contribution in [2.75, 3.05) is 0 Å². The molecule has 0 saturated carbocycles. The minimum absolute atomic E-state index is 0.237. The van der Waals surface area contributed by atoms with Crippen LogP contribution in [0.5, 0.6) is 0 Å². The summed E-state index contributed by atoms with van der Waals surface area (Å²) in [6.07, 6.45) is 2.27. The summed E-state index contributed by atoms with van der Waals surface area (Å²) in [4.78, 5) is 11.0. The summed E-state index contributed by atoms with van der Waals surface area (Å²) >= 11 is 2.25. The average molecular weight is 302 g/mol. The van der Waals surface area contributed by atoms with E-state index in [1.54, 1.807) is 0 Å². The maximum absolute atomic E-state index is 11.0. The Morgan fingerprint density at radius 1 is 1.43 bits per heavy atom. The smallest absolute Gasteiger partial charge is 0.310 e. The molecule has 0 amide bonds. The lowest BCUT2D eigenvalue weighted by atomic mass is 10.1. The number of benzene rings is 1. The molecule has 0 fully saturated rings.